The molecule has 2 aromatic rings. The van der Waals surface area contributed by atoms with Gasteiger partial charge in [-0.2, -0.15) is 0 Å². The standard InChI is InChI=1S/C25H29NO5/c1-25(2,3)31-23(27)18-11-7-12-20-19(18)15-21(22-13-8-14-29-22)26(20)24(28)30-16-17-9-5-4-6-10-17/h4-10,12-14,18-21H,11,15-16H2,1-3H3/t18-,19+,20-,21-/m0/s1. The highest BCUT2D eigenvalue weighted by Crippen LogP contribution is 2.47. The van der Waals surface area contributed by atoms with Gasteiger partial charge in [-0.15, -0.1) is 0 Å². The average Bonchev–Trinajstić information content (AvgIpc) is 3.38. The van der Waals surface area contributed by atoms with Crippen molar-refractivity contribution >= 4 is 12.1 Å². The number of allylic oxidation sites excluding steroid dienone is 1. The van der Waals surface area contributed by atoms with Gasteiger partial charge in [0.15, 0.2) is 0 Å². The molecule has 6 nitrogen and oxygen atoms in total. The Balaban J connectivity index is 1.57. The van der Waals surface area contributed by atoms with Crippen LogP contribution in [0.4, 0.5) is 4.79 Å². The summed E-state index contributed by atoms with van der Waals surface area (Å²) < 4.78 is 17.0. The molecule has 31 heavy (non-hydrogen) atoms. The van der Waals surface area contributed by atoms with Gasteiger partial charge >= 0.3 is 12.1 Å². The third-order valence-corrected chi connectivity index (χ3v) is 5.83. The first kappa shape index (κ1) is 21.2. The summed E-state index contributed by atoms with van der Waals surface area (Å²) in [7, 11) is 0. The van der Waals surface area contributed by atoms with Gasteiger partial charge in [-0.3, -0.25) is 9.69 Å². The summed E-state index contributed by atoms with van der Waals surface area (Å²) >= 11 is 0. The summed E-state index contributed by atoms with van der Waals surface area (Å²) in [6, 6.07) is 12.7. The first-order chi connectivity index (χ1) is 14.8. The van der Waals surface area contributed by atoms with Crippen LogP contribution in [0.1, 0.15) is 51.0 Å². The van der Waals surface area contributed by atoms with E-state index in [1.807, 2.05) is 75.4 Å². The molecule has 4 atom stereocenters. The van der Waals surface area contributed by atoms with E-state index < -0.39 is 11.7 Å². The molecule has 6 heteroatoms. The SMILES string of the molecule is CC(C)(C)OC(=O)[C@H]1CC=C[C@H]2[C@@H]1C[C@@H](c1ccco1)N2C(=O)OCc1ccccc1. The van der Waals surface area contributed by atoms with Crippen LogP contribution in [-0.4, -0.2) is 28.6 Å². The van der Waals surface area contributed by atoms with Crippen molar-refractivity contribution < 1.29 is 23.5 Å². The predicted molar refractivity (Wildman–Crippen MR) is 115 cm³/mol. The van der Waals surface area contributed by atoms with Crippen molar-refractivity contribution in [3.8, 4) is 0 Å². The molecule has 0 saturated carbocycles. The summed E-state index contributed by atoms with van der Waals surface area (Å²) in [6.07, 6.45) is 6.40. The summed E-state index contributed by atoms with van der Waals surface area (Å²) in [4.78, 5) is 27.8. The Morgan fingerprint density at radius 2 is 1.90 bits per heavy atom. The second kappa shape index (κ2) is 8.61. The van der Waals surface area contributed by atoms with Crippen LogP contribution in [-0.2, 0) is 20.9 Å². The van der Waals surface area contributed by atoms with E-state index in [2.05, 4.69) is 0 Å². The van der Waals surface area contributed by atoms with Gasteiger partial charge in [0, 0.05) is 0 Å². The molecule has 1 aromatic carbocycles. The van der Waals surface area contributed by atoms with Gasteiger partial charge in [-0.1, -0.05) is 42.5 Å². The molecular formula is C25H29NO5. The Morgan fingerprint density at radius 1 is 1.13 bits per heavy atom. The number of carbonyl (C=O) groups excluding carboxylic acids is 2. The number of ether oxygens (including phenoxy) is 2. The maximum Gasteiger partial charge on any atom is 0.411 e. The Labute approximate surface area is 182 Å². The van der Waals surface area contributed by atoms with E-state index in [4.69, 9.17) is 13.9 Å². The molecule has 1 saturated heterocycles. The third-order valence-electron chi connectivity index (χ3n) is 5.83. The van der Waals surface area contributed by atoms with E-state index in [1.165, 1.54) is 0 Å². The smallest absolute Gasteiger partial charge is 0.411 e. The minimum atomic E-state index is -0.555. The van der Waals surface area contributed by atoms with E-state index in [0.717, 1.165) is 5.56 Å². The molecule has 2 aliphatic rings. The number of amides is 1. The number of esters is 1. The third kappa shape index (κ3) is 4.68. The molecule has 1 fully saturated rings. The predicted octanol–water partition coefficient (Wildman–Crippen LogP) is 5.27. The Hall–Kier alpha value is -3.02. The van der Waals surface area contributed by atoms with Crippen molar-refractivity contribution in [2.75, 3.05) is 0 Å². The number of hydrogen-bond donors (Lipinski definition) is 0. The number of furan rings is 1. The Bertz CT molecular complexity index is 929. The van der Waals surface area contributed by atoms with Crippen molar-refractivity contribution in [3.63, 3.8) is 0 Å². The topological polar surface area (TPSA) is 69.0 Å². The van der Waals surface area contributed by atoms with Gasteiger partial charge in [0.25, 0.3) is 0 Å². The van der Waals surface area contributed by atoms with Gasteiger partial charge in [-0.05, 0) is 57.2 Å². The summed E-state index contributed by atoms with van der Waals surface area (Å²) in [5, 5.41) is 0. The fourth-order valence-corrected chi connectivity index (χ4v) is 4.53. The largest absolute Gasteiger partial charge is 0.467 e. The first-order valence-electron chi connectivity index (χ1n) is 10.8. The van der Waals surface area contributed by atoms with Crippen LogP contribution in [0.3, 0.4) is 0 Å². The highest BCUT2D eigenvalue weighted by atomic mass is 16.6. The molecule has 2 heterocycles. The fourth-order valence-electron chi connectivity index (χ4n) is 4.53. The van der Waals surface area contributed by atoms with Crippen LogP contribution >= 0.6 is 0 Å². The number of fused-ring (bicyclic) bond motifs is 1. The summed E-state index contributed by atoms with van der Waals surface area (Å²) in [5.74, 6) is 0.116. The van der Waals surface area contributed by atoms with E-state index in [-0.39, 0.29) is 36.5 Å². The fraction of sp³-hybridized carbons (Fsp3) is 0.440. The zero-order valence-corrected chi connectivity index (χ0v) is 18.2. The van der Waals surface area contributed by atoms with Crippen LogP contribution < -0.4 is 0 Å². The van der Waals surface area contributed by atoms with Gasteiger partial charge in [0.05, 0.1) is 24.3 Å². The molecule has 1 amide bonds. The van der Waals surface area contributed by atoms with E-state index in [9.17, 15) is 9.59 Å². The van der Waals surface area contributed by atoms with Gasteiger partial charge < -0.3 is 13.9 Å². The molecule has 0 unspecified atom stereocenters. The maximum absolute atomic E-state index is 13.2. The van der Waals surface area contributed by atoms with Crippen molar-refractivity contribution in [1.82, 2.24) is 4.90 Å². The summed E-state index contributed by atoms with van der Waals surface area (Å²) in [6.45, 7) is 5.80. The van der Waals surface area contributed by atoms with Crippen molar-refractivity contribution in [2.24, 2.45) is 11.8 Å². The highest BCUT2D eigenvalue weighted by Gasteiger charge is 2.51. The second-order valence-electron chi connectivity index (χ2n) is 9.17. The lowest BCUT2D eigenvalue weighted by Gasteiger charge is -2.33. The average molecular weight is 424 g/mol. The van der Waals surface area contributed by atoms with Crippen LogP contribution in [0.2, 0.25) is 0 Å². The normalized spacial score (nSPS) is 25.2. The van der Waals surface area contributed by atoms with Gasteiger partial charge in [0.1, 0.15) is 18.0 Å². The van der Waals surface area contributed by atoms with E-state index >= 15 is 0 Å². The lowest BCUT2D eigenvalue weighted by molar-refractivity contribution is -0.162. The van der Waals surface area contributed by atoms with Crippen molar-refractivity contribution in [1.29, 1.82) is 0 Å². The molecule has 1 aliphatic carbocycles. The quantitative estimate of drug-likeness (QED) is 0.495. The number of rotatable bonds is 4. The molecule has 164 valence electrons. The van der Waals surface area contributed by atoms with Crippen molar-refractivity contribution in [3.05, 3.63) is 72.2 Å². The molecular weight excluding hydrogens is 394 g/mol. The minimum Gasteiger partial charge on any atom is -0.467 e. The molecule has 0 spiro atoms. The molecule has 1 aliphatic heterocycles. The minimum absolute atomic E-state index is 0.0563. The van der Waals surface area contributed by atoms with E-state index in [0.29, 0.717) is 18.6 Å². The van der Waals surface area contributed by atoms with Crippen LogP contribution in [0, 0.1) is 11.8 Å². The van der Waals surface area contributed by atoms with Crippen LogP contribution in [0.25, 0.3) is 0 Å². The molecule has 1 aromatic heterocycles. The molecule has 0 bridgehead atoms. The number of carbonyl (C=O) groups is 2. The molecule has 0 N–H and O–H groups in total. The number of benzene rings is 1. The highest BCUT2D eigenvalue weighted by molar-refractivity contribution is 5.75. The Kier molecular flexibility index (Phi) is 5.90. The Morgan fingerprint density at radius 3 is 2.58 bits per heavy atom. The maximum atomic E-state index is 13.2. The van der Waals surface area contributed by atoms with Crippen LogP contribution in [0.15, 0.2) is 65.3 Å². The number of hydrogen-bond acceptors (Lipinski definition) is 5. The number of likely N-dealkylation sites (tertiary alicyclic amines) is 1. The molecule has 4 rings (SSSR count). The zero-order chi connectivity index (χ0) is 22.0. The zero-order valence-electron chi connectivity index (χ0n) is 18.2. The monoisotopic (exact) mass is 423 g/mol. The first-order valence-corrected chi connectivity index (χ1v) is 10.8. The lowest BCUT2D eigenvalue weighted by atomic mass is 9.79. The second-order valence-corrected chi connectivity index (χ2v) is 9.17. The van der Waals surface area contributed by atoms with Gasteiger partial charge in [-0.25, -0.2) is 4.79 Å². The summed E-state index contributed by atoms with van der Waals surface area (Å²) in [5.41, 5.74) is 0.369. The van der Waals surface area contributed by atoms with Crippen molar-refractivity contribution in [2.45, 2.75) is 57.9 Å². The lowest BCUT2D eigenvalue weighted by Crippen LogP contribution is -2.43. The van der Waals surface area contributed by atoms with Crippen LogP contribution in [0.5, 0.6) is 0 Å². The van der Waals surface area contributed by atoms with Gasteiger partial charge in [0.2, 0.25) is 0 Å². The molecule has 0 radical (unpaired) electrons. The van der Waals surface area contributed by atoms with E-state index in [1.54, 1.807) is 11.2 Å². The number of nitrogens with zero attached hydrogens (tertiary/aromatic N) is 1.